The lowest BCUT2D eigenvalue weighted by molar-refractivity contribution is 0.104. The van der Waals surface area contributed by atoms with E-state index in [0.717, 1.165) is 5.52 Å². The summed E-state index contributed by atoms with van der Waals surface area (Å²) in [6.45, 7) is 0. The van der Waals surface area contributed by atoms with E-state index < -0.39 is 0 Å². The second-order valence-corrected chi connectivity index (χ2v) is 6.76. The molecule has 126 valence electrons. The normalized spacial score (nSPS) is 11.8. The van der Waals surface area contributed by atoms with Gasteiger partial charge in [-0.05, 0) is 34.1 Å². The number of H-pyrrole nitrogens is 1. The summed E-state index contributed by atoms with van der Waals surface area (Å²) in [6, 6.07) is 7.19. The number of aromatic amines is 1. The van der Waals surface area contributed by atoms with Gasteiger partial charge in [-0.1, -0.05) is 17.7 Å². The molecule has 1 aromatic carbocycles. The van der Waals surface area contributed by atoms with E-state index in [0.29, 0.717) is 31.9 Å². The van der Waals surface area contributed by atoms with E-state index in [-0.39, 0.29) is 11.4 Å². The van der Waals surface area contributed by atoms with E-state index in [4.69, 9.17) is 11.6 Å². The van der Waals surface area contributed by atoms with Crippen molar-refractivity contribution < 1.29 is 4.79 Å². The Labute approximate surface area is 160 Å². The van der Waals surface area contributed by atoms with Gasteiger partial charge in [0.25, 0.3) is 0 Å². The lowest BCUT2D eigenvalue weighted by atomic mass is 10.0. The maximum atomic E-state index is 12.9. The average Bonchev–Trinajstić information content (AvgIpc) is 3.22. The number of hydrogen-bond acceptors (Lipinski definition) is 4. The minimum absolute atomic E-state index is 0.00980. The highest BCUT2D eigenvalue weighted by molar-refractivity contribution is 9.10. The number of ketones is 1. The quantitative estimate of drug-likeness (QED) is 0.298. The smallest absolute Gasteiger partial charge is 0.205 e. The third-order valence-electron chi connectivity index (χ3n) is 3.94. The number of nitrogens with one attached hydrogen (secondary N) is 1. The van der Waals surface area contributed by atoms with E-state index >= 15 is 0 Å². The molecule has 3 aromatic heterocycles. The monoisotopic (exact) mass is 425 g/mol. The zero-order valence-electron chi connectivity index (χ0n) is 13.1. The van der Waals surface area contributed by atoms with Crippen LogP contribution >= 0.6 is 27.5 Å². The molecule has 26 heavy (non-hydrogen) atoms. The third-order valence-corrected chi connectivity index (χ3v) is 4.58. The number of allylic oxidation sites excluding steroid dienone is 1. The Morgan fingerprint density at radius 3 is 3.00 bits per heavy atom. The first kappa shape index (κ1) is 16.5. The minimum Gasteiger partial charge on any atom is -0.360 e. The number of rotatable bonds is 3. The van der Waals surface area contributed by atoms with Crippen molar-refractivity contribution in [1.82, 2.24) is 19.4 Å². The highest BCUT2D eigenvalue weighted by Crippen LogP contribution is 2.24. The molecule has 0 unspecified atom stereocenters. The zero-order valence-corrected chi connectivity index (χ0v) is 15.4. The fourth-order valence-electron chi connectivity index (χ4n) is 2.72. The number of benzene rings is 1. The van der Waals surface area contributed by atoms with E-state index in [1.165, 1.54) is 6.08 Å². The van der Waals surface area contributed by atoms with Crippen molar-refractivity contribution in [3.8, 4) is 6.07 Å². The predicted octanol–water partition coefficient (Wildman–Crippen LogP) is 4.42. The fourth-order valence-corrected chi connectivity index (χ4v) is 3.20. The Kier molecular flexibility index (Phi) is 4.07. The maximum absolute atomic E-state index is 12.9. The van der Waals surface area contributed by atoms with Crippen LogP contribution in [0.4, 0.5) is 0 Å². The standard InChI is InChI=1S/C18H9BrClN5O/c19-16-9-25-12(6-24-17(25)8-23-16)3-10(5-21)18(26)14-7-22-15-4-11(20)1-2-13(14)15/h1-4,6-9,22H. The number of halogens is 2. The van der Waals surface area contributed by atoms with Gasteiger partial charge in [-0.2, -0.15) is 5.26 Å². The molecular formula is C18H9BrClN5O. The van der Waals surface area contributed by atoms with Gasteiger partial charge in [-0.3, -0.25) is 9.20 Å². The summed E-state index contributed by atoms with van der Waals surface area (Å²) in [5.74, 6) is -0.371. The molecule has 3 heterocycles. The number of nitriles is 1. The molecular weight excluding hydrogens is 418 g/mol. The number of imidazole rings is 1. The van der Waals surface area contributed by atoms with Crippen LogP contribution in [0.3, 0.4) is 0 Å². The first-order valence-electron chi connectivity index (χ1n) is 7.48. The van der Waals surface area contributed by atoms with Gasteiger partial charge < -0.3 is 4.98 Å². The van der Waals surface area contributed by atoms with Crippen LogP contribution in [0.5, 0.6) is 0 Å². The van der Waals surface area contributed by atoms with Gasteiger partial charge >= 0.3 is 0 Å². The molecule has 0 radical (unpaired) electrons. The zero-order chi connectivity index (χ0) is 18.3. The summed E-state index contributed by atoms with van der Waals surface area (Å²) in [4.78, 5) is 24.2. The Morgan fingerprint density at radius 2 is 2.19 bits per heavy atom. The number of aromatic nitrogens is 4. The molecule has 0 aliphatic heterocycles. The minimum atomic E-state index is -0.371. The SMILES string of the molecule is N#CC(=Cc1cnc2cnc(Br)cn12)C(=O)c1c[nH]c2cc(Cl)ccc12. The van der Waals surface area contributed by atoms with Crippen LogP contribution in [-0.4, -0.2) is 25.1 Å². The van der Waals surface area contributed by atoms with Crippen molar-refractivity contribution in [2.45, 2.75) is 0 Å². The summed E-state index contributed by atoms with van der Waals surface area (Å²) in [7, 11) is 0. The number of Topliss-reactive ketones (excluding diaryl/α,β-unsaturated/α-hetero) is 1. The Balaban J connectivity index is 1.80. The summed E-state index contributed by atoms with van der Waals surface area (Å²) < 4.78 is 2.37. The summed E-state index contributed by atoms with van der Waals surface area (Å²) in [5.41, 5.74) is 2.39. The maximum Gasteiger partial charge on any atom is 0.205 e. The molecule has 4 rings (SSSR count). The van der Waals surface area contributed by atoms with Crippen LogP contribution in [0.2, 0.25) is 5.02 Å². The van der Waals surface area contributed by atoms with Gasteiger partial charge in [-0.25, -0.2) is 9.97 Å². The van der Waals surface area contributed by atoms with E-state index in [2.05, 4.69) is 30.9 Å². The van der Waals surface area contributed by atoms with Crippen LogP contribution in [-0.2, 0) is 0 Å². The van der Waals surface area contributed by atoms with Crippen molar-refractivity contribution in [2.75, 3.05) is 0 Å². The van der Waals surface area contributed by atoms with Gasteiger partial charge in [0.05, 0.1) is 18.1 Å². The summed E-state index contributed by atoms with van der Waals surface area (Å²) in [5, 5.41) is 10.8. The Morgan fingerprint density at radius 1 is 1.35 bits per heavy atom. The third kappa shape index (κ3) is 2.79. The fraction of sp³-hybridized carbons (Fsp3) is 0. The molecule has 6 nitrogen and oxygen atoms in total. The van der Waals surface area contributed by atoms with E-state index in [9.17, 15) is 10.1 Å². The largest absolute Gasteiger partial charge is 0.360 e. The van der Waals surface area contributed by atoms with Crippen LogP contribution in [0, 0.1) is 11.3 Å². The van der Waals surface area contributed by atoms with E-state index in [1.807, 2.05) is 6.07 Å². The van der Waals surface area contributed by atoms with Crippen molar-refractivity contribution >= 4 is 55.9 Å². The number of carbonyl (C=O) groups excluding carboxylic acids is 1. The highest BCUT2D eigenvalue weighted by Gasteiger charge is 2.17. The molecule has 0 aliphatic rings. The average molecular weight is 427 g/mol. The molecule has 4 aromatic rings. The number of nitrogens with zero attached hydrogens (tertiary/aromatic N) is 4. The van der Waals surface area contributed by atoms with E-state index in [1.54, 1.807) is 47.4 Å². The van der Waals surface area contributed by atoms with Crippen LogP contribution in [0.15, 0.2) is 53.2 Å². The van der Waals surface area contributed by atoms with Crippen molar-refractivity contribution in [2.24, 2.45) is 0 Å². The highest BCUT2D eigenvalue weighted by atomic mass is 79.9. The van der Waals surface area contributed by atoms with Gasteiger partial charge in [0.1, 0.15) is 16.2 Å². The van der Waals surface area contributed by atoms with Gasteiger partial charge in [-0.15, -0.1) is 0 Å². The van der Waals surface area contributed by atoms with Gasteiger partial charge in [0, 0.05) is 33.9 Å². The molecule has 0 fully saturated rings. The molecule has 0 amide bonds. The molecule has 0 bridgehead atoms. The van der Waals surface area contributed by atoms with Crippen LogP contribution < -0.4 is 0 Å². The second kappa shape index (κ2) is 6.41. The topological polar surface area (TPSA) is 86.8 Å². The summed E-state index contributed by atoms with van der Waals surface area (Å²) >= 11 is 9.27. The van der Waals surface area contributed by atoms with Crippen molar-refractivity contribution in [3.63, 3.8) is 0 Å². The number of carbonyl (C=O) groups is 1. The number of hydrogen-bond donors (Lipinski definition) is 1. The predicted molar refractivity (Wildman–Crippen MR) is 102 cm³/mol. The molecule has 0 spiro atoms. The Bertz CT molecular complexity index is 1250. The lowest BCUT2D eigenvalue weighted by Gasteiger charge is -2.00. The number of fused-ring (bicyclic) bond motifs is 2. The Hall–Kier alpha value is -2.95. The molecule has 0 aliphatic carbocycles. The summed E-state index contributed by atoms with van der Waals surface area (Å²) in [6.07, 6.45) is 8.01. The van der Waals surface area contributed by atoms with Gasteiger partial charge in [0.2, 0.25) is 5.78 Å². The van der Waals surface area contributed by atoms with Crippen LogP contribution in [0.25, 0.3) is 22.6 Å². The molecule has 8 heteroatoms. The molecule has 0 saturated heterocycles. The van der Waals surface area contributed by atoms with Gasteiger partial charge in [0.15, 0.2) is 5.65 Å². The first-order valence-corrected chi connectivity index (χ1v) is 8.65. The molecule has 1 N–H and O–H groups in total. The molecule has 0 saturated carbocycles. The second-order valence-electron chi connectivity index (χ2n) is 5.51. The van der Waals surface area contributed by atoms with Crippen molar-refractivity contribution in [3.05, 3.63) is 69.4 Å². The lowest BCUT2D eigenvalue weighted by Crippen LogP contribution is -2.01. The molecule has 0 atom stereocenters. The van der Waals surface area contributed by atoms with Crippen molar-refractivity contribution in [1.29, 1.82) is 5.26 Å². The first-order chi connectivity index (χ1) is 12.6. The van der Waals surface area contributed by atoms with Crippen LogP contribution in [0.1, 0.15) is 16.1 Å².